The molecule has 0 aromatic heterocycles. The molecule has 1 aromatic carbocycles. The molecule has 1 rings (SSSR count). The molecule has 0 fully saturated rings. The van der Waals surface area contributed by atoms with Crippen LogP contribution in [0, 0.1) is 0 Å². The molecule has 6 heteroatoms. The zero-order valence-electron chi connectivity index (χ0n) is 9.12. The summed E-state index contributed by atoms with van der Waals surface area (Å²) in [5.41, 5.74) is 13.0. The predicted molar refractivity (Wildman–Crippen MR) is 61.7 cm³/mol. The van der Waals surface area contributed by atoms with Crippen molar-refractivity contribution < 1.29 is 9.53 Å². The van der Waals surface area contributed by atoms with Gasteiger partial charge in [0.2, 0.25) is 0 Å². The number of carbonyl (C=O) groups excluding carboxylic acids is 1. The number of benzene rings is 1. The fourth-order valence-electron chi connectivity index (χ4n) is 1.02. The first-order chi connectivity index (χ1) is 7.72. The summed E-state index contributed by atoms with van der Waals surface area (Å²) in [6, 6.07) is 6.66. The molecule has 0 spiro atoms. The molecule has 1 aromatic rings. The number of rotatable bonds is 6. The summed E-state index contributed by atoms with van der Waals surface area (Å²) >= 11 is 0. The number of hydrogen-bond donors (Lipinski definition) is 4. The van der Waals surface area contributed by atoms with Gasteiger partial charge < -0.3 is 15.9 Å². The fourth-order valence-corrected chi connectivity index (χ4v) is 1.02. The van der Waals surface area contributed by atoms with E-state index in [4.69, 9.17) is 10.5 Å². The van der Waals surface area contributed by atoms with Gasteiger partial charge in [-0.25, -0.2) is 4.79 Å². The van der Waals surface area contributed by atoms with Crippen molar-refractivity contribution in [2.45, 2.75) is 13.3 Å². The molecule has 0 unspecified atom stereocenters. The lowest BCUT2D eigenvalue weighted by molar-refractivity contribution is 0.246. The molecule has 5 N–H and O–H groups in total. The van der Waals surface area contributed by atoms with E-state index < -0.39 is 6.03 Å². The topological polar surface area (TPSA) is 88.4 Å². The summed E-state index contributed by atoms with van der Waals surface area (Å²) in [7, 11) is 0. The molecule has 2 amide bonds. The summed E-state index contributed by atoms with van der Waals surface area (Å²) in [6.45, 7) is 2.75. The van der Waals surface area contributed by atoms with Gasteiger partial charge in [-0.3, -0.25) is 5.43 Å². The maximum atomic E-state index is 10.4. The minimum absolute atomic E-state index is 0.657. The molecule has 0 aliphatic heterocycles. The van der Waals surface area contributed by atoms with E-state index in [9.17, 15) is 4.79 Å². The third-order valence-electron chi connectivity index (χ3n) is 1.72. The van der Waals surface area contributed by atoms with E-state index in [0.717, 1.165) is 17.9 Å². The largest absolute Gasteiger partial charge is 0.494 e. The molecular formula is C10H16N4O2. The fraction of sp³-hybridized carbons (Fsp3) is 0.300. The monoisotopic (exact) mass is 224 g/mol. The van der Waals surface area contributed by atoms with Crippen LogP contribution in [0.25, 0.3) is 0 Å². The third kappa shape index (κ3) is 4.52. The summed E-state index contributed by atoms with van der Waals surface area (Å²) in [5, 5.41) is 0. The van der Waals surface area contributed by atoms with Crippen LogP contribution in [-0.2, 0) is 0 Å². The van der Waals surface area contributed by atoms with Gasteiger partial charge in [-0.1, -0.05) is 6.92 Å². The Morgan fingerprint density at radius 2 is 2.06 bits per heavy atom. The minimum Gasteiger partial charge on any atom is -0.494 e. The van der Waals surface area contributed by atoms with Crippen LogP contribution in [0.4, 0.5) is 10.5 Å². The minimum atomic E-state index is -0.657. The summed E-state index contributed by atoms with van der Waals surface area (Å²) in [5.74, 6) is 0.815. The lowest BCUT2D eigenvalue weighted by atomic mass is 10.3. The van der Waals surface area contributed by atoms with E-state index in [1.165, 1.54) is 0 Å². The predicted octanol–water partition coefficient (Wildman–Crippen LogP) is 0.975. The van der Waals surface area contributed by atoms with Gasteiger partial charge in [-0.05, 0) is 30.7 Å². The standard InChI is InChI=1S/C10H16N4O2/c1-2-7-16-9-5-3-8(4-6-9)12-14-13-10(11)15/h3-6,12,14H,2,7H2,1H3,(H3,11,13,15). The molecule has 0 atom stereocenters. The van der Waals surface area contributed by atoms with E-state index >= 15 is 0 Å². The van der Waals surface area contributed by atoms with Gasteiger partial charge in [0.05, 0.1) is 12.3 Å². The zero-order valence-corrected chi connectivity index (χ0v) is 9.12. The van der Waals surface area contributed by atoms with Gasteiger partial charge in [0.25, 0.3) is 0 Å². The van der Waals surface area contributed by atoms with Gasteiger partial charge in [-0.2, -0.15) is 0 Å². The van der Waals surface area contributed by atoms with Crippen molar-refractivity contribution in [3.8, 4) is 5.75 Å². The first-order valence-corrected chi connectivity index (χ1v) is 5.01. The molecular weight excluding hydrogens is 208 g/mol. The number of nitrogens with one attached hydrogen (secondary N) is 3. The van der Waals surface area contributed by atoms with Crippen molar-refractivity contribution in [2.24, 2.45) is 5.73 Å². The van der Waals surface area contributed by atoms with E-state index in [1.54, 1.807) is 0 Å². The van der Waals surface area contributed by atoms with Crippen LogP contribution >= 0.6 is 0 Å². The van der Waals surface area contributed by atoms with E-state index in [0.29, 0.717) is 6.61 Å². The molecule has 0 aliphatic carbocycles. The number of hydrazine groups is 2. The maximum Gasteiger partial charge on any atom is 0.327 e. The molecule has 0 aliphatic rings. The summed E-state index contributed by atoms with van der Waals surface area (Å²) in [6.07, 6.45) is 0.976. The van der Waals surface area contributed by atoms with Crippen molar-refractivity contribution in [2.75, 3.05) is 12.0 Å². The Balaban J connectivity index is 2.36. The molecule has 0 bridgehead atoms. The Kier molecular flexibility index (Phi) is 4.94. The first kappa shape index (κ1) is 12.1. The van der Waals surface area contributed by atoms with Crippen LogP contribution in [0.3, 0.4) is 0 Å². The van der Waals surface area contributed by atoms with Crippen molar-refractivity contribution >= 4 is 11.7 Å². The number of nitrogens with two attached hydrogens (primary N) is 1. The number of amides is 2. The van der Waals surface area contributed by atoms with Crippen LogP contribution in [0.5, 0.6) is 5.75 Å². The quantitative estimate of drug-likeness (QED) is 0.542. The SMILES string of the molecule is CCCOc1ccc(NNNC(N)=O)cc1. The van der Waals surface area contributed by atoms with Crippen LogP contribution in [-0.4, -0.2) is 12.6 Å². The maximum absolute atomic E-state index is 10.4. The van der Waals surface area contributed by atoms with Gasteiger partial charge >= 0.3 is 6.03 Å². The number of ether oxygens (including phenoxy) is 1. The Morgan fingerprint density at radius 3 is 2.62 bits per heavy atom. The molecule has 88 valence electrons. The lowest BCUT2D eigenvalue weighted by Gasteiger charge is -2.09. The Bertz CT molecular complexity index is 326. The van der Waals surface area contributed by atoms with Crippen molar-refractivity contribution in [1.82, 2.24) is 11.0 Å². The van der Waals surface area contributed by atoms with Gasteiger partial charge in [0.15, 0.2) is 0 Å². The van der Waals surface area contributed by atoms with Gasteiger partial charge in [-0.15, -0.1) is 5.53 Å². The molecule has 0 heterocycles. The average molecular weight is 224 g/mol. The summed E-state index contributed by atoms with van der Waals surface area (Å²) < 4.78 is 5.41. The lowest BCUT2D eigenvalue weighted by Crippen LogP contribution is -2.44. The molecule has 0 saturated heterocycles. The van der Waals surface area contributed by atoms with E-state index in [2.05, 4.69) is 23.3 Å². The molecule has 16 heavy (non-hydrogen) atoms. The highest BCUT2D eigenvalue weighted by molar-refractivity contribution is 5.71. The molecule has 0 saturated carbocycles. The van der Waals surface area contributed by atoms with Crippen molar-refractivity contribution in [3.63, 3.8) is 0 Å². The molecule has 6 nitrogen and oxygen atoms in total. The van der Waals surface area contributed by atoms with E-state index in [1.807, 2.05) is 24.3 Å². The summed E-state index contributed by atoms with van der Waals surface area (Å²) in [4.78, 5) is 10.4. The van der Waals surface area contributed by atoms with Crippen LogP contribution in [0.15, 0.2) is 24.3 Å². The highest BCUT2D eigenvalue weighted by atomic mass is 16.5. The normalized spacial score (nSPS) is 9.56. The number of urea groups is 1. The third-order valence-corrected chi connectivity index (χ3v) is 1.72. The second-order valence-corrected chi connectivity index (χ2v) is 3.11. The number of anilines is 1. The number of primary amides is 1. The smallest absolute Gasteiger partial charge is 0.327 e. The first-order valence-electron chi connectivity index (χ1n) is 5.01. The van der Waals surface area contributed by atoms with Crippen LogP contribution < -0.4 is 26.9 Å². The van der Waals surface area contributed by atoms with Gasteiger partial charge in [0, 0.05) is 0 Å². The van der Waals surface area contributed by atoms with Crippen molar-refractivity contribution in [1.29, 1.82) is 0 Å². The number of hydrogen-bond acceptors (Lipinski definition) is 4. The van der Waals surface area contributed by atoms with Gasteiger partial charge in [0.1, 0.15) is 5.75 Å². The van der Waals surface area contributed by atoms with Crippen LogP contribution in [0.1, 0.15) is 13.3 Å². The second kappa shape index (κ2) is 6.52. The van der Waals surface area contributed by atoms with Crippen molar-refractivity contribution in [3.05, 3.63) is 24.3 Å². The van der Waals surface area contributed by atoms with E-state index in [-0.39, 0.29) is 0 Å². The highest BCUT2D eigenvalue weighted by Crippen LogP contribution is 2.14. The second-order valence-electron chi connectivity index (χ2n) is 3.11. The van der Waals surface area contributed by atoms with Crippen LogP contribution in [0.2, 0.25) is 0 Å². The Hall–Kier alpha value is -1.95. The number of carbonyl (C=O) groups is 1. The molecule has 0 radical (unpaired) electrons. The zero-order chi connectivity index (χ0) is 11.8. The Labute approximate surface area is 94.1 Å². The Morgan fingerprint density at radius 1 is 1.38 bits per heavy atom. The highest BCUT2D eigenvalue weighted by Gasteiger charge is 1.94. The average Bonchev–Trinajstić information content (AvgIpc) is 2.27.